The molecule has 1 aromatic rings. The molecule has 0 spiro atoms. The van der Waals surface area contributed by atoms with E-state index in [1.54, 1.807) is 0 Å². The molecule has 14 heavy (non-hydrogen) atoms. The molecule has 0 atom stereocenters. The van der Waals surface area contributed by atoms with Gasteiger partial charge in [-0.15, -0.1) is 0 Å². The van der Waals surface area contributed by atoms with E-state index in [-0.39, 0.29) is 5.54 Å². The lowest BCUT2D eigenvalue weighted by Gasteiger charge is -2.18. The van der Waals surface area contributed by atoms with E-state index in [2.05, 4.69) is 49.5 Å². The first-order chi connectivity index (χ1) is 6.54. The predicted octanol–water partition coefficient (Wildman–Crippen LogP) is 1.87. The zero-order valence-corrected chi connectivity index (χ0v) is 9.41. The number of nitrogens with one attached hydrogen (secondary N) is 1. The zero-order chi connectivity index (χ0) is 10.6. The Bertz CT molecular complexity index is 305. The topological polar surface area (TPSA) is 29.9 Å². The van der Waals surface area contributed by atoms with Crippen LogP contribution in [0.25, 0.3) is 6.08 Å². The summed E-state index contributed by atoms with van der Waals surface area (Å²) in [7, 11) is 1.93. The van der Waals surface area contributed by atoms with Gasteiger partial charge in [0, 0.05) is 18.3 Å². The third kappa shape index (κ3) is 3.00. The average Bonchev–Trinajstić information content (AvgIpc) is 2.52. The van der Waals surface area contributed by atoms with Crippen LogP contribution in [0.1, 0.15) is 26.3 Å². The number of rotatable bonds is 3. The first-order valence-corrected chi connectivity index (χ1v) is 4.90. The van der Waals surface area contributed by atoms with E-state index >= 15 is 0 Å². The largest absolute Gasteiger partial charge is 0.316 e. The maximum absolute atomic E-state index is 4.31. The smallest absolute Gasteiger partial charge is 0.0562 e. The van der Waals surface area contributed by atoms with Gasteiger partial charge in [-0.05, 0) is 27.8 Å². The van der Waals surface area contributed by atoms with Crippen molar-refractivity contribution in [2.75, 3.05) is 13.6 Å². The Morgan fingerprint density at radius 3 is 2.71 bits per heavy atom. The molecule has 0 bridgehead atoms. The molecule has 1 N–H and O–H groups in total. The molecule has 0 fully saturated rings. The van der Waals surface area contributed by atoms with Crippen molar-refractivity contribution in [3.63, 3.8) is 0 Å². The first kappa shape index (κ1) is 11.0. The van der Waals surface area contributed by atoms with Gasteiger partial charge in [0.1, 0.15) is 0 Å². The lowest BCUT2D eigenvalue weighted by Crippen LogP contribution is -2.21. The number of likely N-dealkylation sites (N-methyl/N-ethyl adjacent to an activating group) is 1. The second kappa shape index (κ2) is 4.42. The van der Waals surface area contributed by atoms with Gasteiger partial charge in [-0.2, -0.15) is 5.10 Å². The highest BCUT2D eigenvalue weighted by Crippen LogP contribution is 2.13. The standard InChI is InChI=1S/C11H19N3/c1-11(2,3)14-9-10(8-13-14)6-5-7-12-4/h5-6,8-9,12H,7H2,1-4H3. The van der Waals surface area contributed by atoms with Crippen molar-refractivity contribution in [2.24, 2.45) is 0 Å². The molecule has 0 unspecified atom stereocenters. The van der Waals surface area contributed by atoms with Crippen LogP contribution in [-0.2, 0) is 5.54 Å². The van der Waals surface area contributed by atoms with Crippen LogP contribution in [0.15, 0.2) is 18.5 Å². The second-order valence-corrected chi connectivity index (χ2v) is 4.35. The molecule has 0 saturated carbocycles. The van der Waals surface area contributed by atoms with E-state index < -0.39 is 0 Å². The van der Waals surface area contributed by atoms with E-state index in [0.717, 1.165) is 12.1 Å². The molecule has 3 heteroatoms. The SMILES string of the molecule is CNCC=Cc1cnn(C(C)(C)C)c1. The van der Waals surface area contributed by atoms with Crippen LogP contribution >= 0.6 is 0 Å². The van der Waals surface area contributed by atoms with Crippen molar-refractivity contribution in [3.05, 3.63) is 24.0 Å². The van der Waals surface area contributed by atoms with Gasteiger partial charge in [-0.1, -0.05) is 12.2 Å². The summed E-state index contributed by atoms with van der Waals surface area (Å²) in [6, 6.07) is 0. The quantitative estimate of drug-likeness (QED) is 0.794. The Hall–Kier alpha value is -1.09. The molecule has 0 radical (unpaired) electrons. The summed E-state index contributed by atoms with van der Waals surface area (Å²) in [6.45, 7) is 7.31. The molecule has 0 aromatic carbocycles. The number of nitrogens with zero attached hydrogens (tertiary/aromatic N) is 2. The van der Waals surface area contributed by atoms with Crippen molar-refractivity contribution in [3.8, 4) is 0 Å². The minimum Gasteiger partial charge on any atom is -0.316 e. The molecule has 0 aliphatic carbocycles. The molecule has 0 aliphatic heterocycles. The molecule has 0 aliphatic rings. The van der Waals surface area contributed by atoms with Gasteiger partial charge in [0.15, 0.2) is 0 Å². The third-order valence-corrected chi connectivity index (χ3v) is 1.92. The van der Waals surface area contributed by atoms with Crippen LogP contribution in [0.5, 0.6) is 0 Å². The predicted molar refractivity (Wildman–Crippen MR) is 60.2 cm³/mol. The summed E-state index contributed by atoms with van der Waals surface area (Å²) >= 11 is 0. The Morgan fingerprint density at radius 1 is 1.50 bits per heavy atom. The summed E-state index contributed by atoms with van der Waals surface area (Å²) in [5.74, 6) is 0. The van der Waals surface area contributed by atoms with Crippen molar-refractivity contribution in [1.82, 2.24) is 15.1 Å². The minimum absolute atomic E-state index is 0.0646. The molecule has 3 nitrogen and oxygen atoms in total. The van der Waals surface area contributed by atoms with Crippen LogP contribution in [0, 0.1) is 0 Å². The zero-order valence-electron chi connectivity index (χ0n) is 9.41. The van der Waals surface area contributed by atoms with Gasteiger partial charge < -0.3 is 5.32 Å². The summed E-state index contributed by atoms with van der Waals surface area (Å²) in [5.41, 5.74) is 1.21. The Labute approximate surface area is 85.8 Å². The highest BCUT2D eigenvalue weighted by atomic mass is 15.3. The van der Waals surface area contributed by atoms with Crippen molar-refractivity contribution in [2.45, 2.75) is 26.3 Å². The fourth-order valence-corrected chi connectivity index (χ4v) is 1.10. The number of hydrogen-bond acceptors (Lipinski definition) is 2. The van der Waals surface area contributed by atoms with Gasteiger partial charge in [0.2, 0.25) is 0 Å². The van der Waals surface area contributed by atoms with E-state index in [9.17, 15) is 0 Å². The fourth-order valence-electron chi connectivity index (χ4n) is 1.10. The monoisotopic (exact) mass is 193 g/mol. The Balaban J connectivity index is 2.69. The lowest BCUT2D eigenvalue weighted by atomic mass is 10.1. The van der Waals surface area contributed by atoms with Gasteiger partial charge in [-0.25, -0.2) is 0 Å². The molecule has 78 valence electrons. The molecule has 1 heterocycles. The molecule has 1 rings (SSSR count). The second-order valence-electron chi connectivity index (χ2n) is 4.35. The van der Waals surface area contributed by atoms with Crippen LogP contribution < -0.4 is 5.32 Å². The molecule has 0 amide bonds. The van der Waals surface area contributed by atoms with E-state index in [1.165, 1.54) is 0 Å². The first-order valence-electron chi connectivity index (χ1n) is 4.90. The van der Waals surface area contributed by atoms with Gasteiger partial charge in [0.25, 0.3) is 0 Å². The maximum Gasteiger partial charge on any atom is 0.0562 e. The average molecular weight is 193 g/mol. The molecular weight excluding hydrogens is 174 g/mol. The van der Waals surface area contributed by atoms with Crippen LogP contribution in [-0.4, -0.2) is 23.4 Å². The fraction of sp³-hybridized carbons (Fsp3) is 0.545. The van der Waals surface area contributed by atoms with E-state index in [1.807, 2.05) is 17.9 Å². The normalized spacial score (nSPS) is 12.6. The summed E-state index contributed by atoms with van der Waals surface area (Å²) < 4.78 is 1.98. The van der Waals surface area contributed by atoms with Gasteiger partial charge in [0.05, 0.1) is 11.7 Å². The van der Waals surface area contributed by atoms with Crippen molar-refractivity contribution in [1.29, 1.82) is 0 Å². The number of hydrogen-bond donors (Lipinski definition) is 1. The summed E-state index contributed by atoms with van der Waals surface area (Å²) in [6.07, 6.45) is 8.11. The number of aromatic nitrogens is 2. The summed E-state index contributed by atoms with van der Waals surface area (Å²) in [4.78, 5) is 0. The van der Waals surface area contributed by atoms with Crippen molar-refractivity contribution < 1.29 is 0 Å². The van der Waals surface area contributed by atoms with Gasteiger partial charge >= 0.3 is 0 Å². The van der Waals surface area contributed by atoms with Crippen LogP contribution in [0.3, 0.4) is 0 Å². The van der Waals surface area contributed by atoms with Crippen molar-refractivity contribution >= 4 is 6.08 Å². The Morgan fingerprint density at radius 2 is 2.21 bits per heavy atom. The lowest BCUT2D eigenvalue weighted by molar-refractivity contribution is 0.355. The van der Waals surface area contributed by atoms with Crippen LogP contribution in [0.4, 0.5) is 0 Å². The third-order valence-electron chi connectivity index (χ3n) is 1.92. The Kier molecular flexibility index (Phi) is 3.47. The maximum atomic E-state index is 4.31. The van der Waals surface area contributed by atoms with E-state index in [0.29, 0.717) is 0 Å². The highest BCUT2D eigenvalue weighted by Gasteiger charge is 2.12. The minimum atomic E-state index is 0.0646. The highest BCUT2D eigenvalue weighted by molar-refractivity contribution is 5.46. The molecule has 1 aromatic heterocycles. The van der Waals surface area contributed by atoms with E-state index in [4.69, 9.17) is 0 Å². The van der Waals surface area contributed by atoms with Gasteiger partial charge in [-0.3, -0.25) is 4.68 Å². The molecule has 0 saturated heterocycles. The van der Waals surface area contributed by atoms with Crippen LogP contribution in [0.2, 0.25) is 0 Å². The molecular formula is C11H19N3. The summed E-state index contributed by atoms with van der Waals surface area (Å²) in [5, 5.41) is 7.37.